The van der Waals surface area contributed by atoms with Gasteiger partial charge in [-0.25, -0.2) is 8.78 Å². The number of carbonyl (C=O) groups is 2. The minimum Gasteiger partial charge on any atom is -0.355 e. The molecule has 17 heavy (non-hydrogen) atoms. The highest BCUT2D eigenvalue weighted by Gasteiger charge is 2.15. The van der Waals surface area contributed by atoms with Gasteiger partial charge in [0.2, 0.25) is 5.91 Å². The monoisotopic (exact) mass is 242 g/mol. The van der Waals surface area contributed by atoms with Crippen molar-refractivity contribution >= 4 is 11.8 Å². The van der Waals surface area contributed by atoms with Gasteiger partial charge in [0.25, 0.3) is 5.91 Å². The molecule has 0 fully saturated rings. The van der Waals surface area contributed by atoms with E-state index in [0.717, 1.165) is 12.1 Å². The Bertz CT molecular complexity index is 435. The average molecular weight is 242 g/mol. The molecule has 0 spiro atoms. The van der Waals surface area contributed by atoms with Gasteiger partial charge in [-0.3, -0.25) is 9.59 Å². The number of likely N-dealkylation sites (N-methyl/N-ethyl adjacent to an activating group) is 1. The van der Waals surface area contributed by atoms with Crippen molar-refractivity contribution in [3.8, 4) is 0 Å². The van der Waals surface area contributed by atoms with E-state index in [9.17, 15) is 18.4 Å². The largest absolute Gasteiger partial charge is 0.355 e. The lowest BCUT2D eigenvalue weighted by Gasteiger charge is -2.06. The molecule has 6 heteroatoms. The molecule has 1 aromatic rings. The number of hydrogen-bond acceptors (Lipinski definition) is 2. The van der Waals surface area contributed by atoms with Gasteiger partial charge in [-0.05, 0) is 19.1 Å². The van der Waals surface area contributed by atoms with Crippen molar-refractivity contribution in [3.05, 3.63) is 35.4 Å². The summed E-state index contributed by atoms with van der Waals surface area (Å²) in [6.07, 6.45) is 0. The molecule has 0 aliphatic heterocycles. The minimum atomic E-state index is -1.22. The second kappa shape index (κ2) is 5.93. The number of nitrogens with one attached hydrogen (secondary N) is 2. The Kier molecular flexibility index (Phi) is 4.56. The topological polar surface area (TPSA) is 58.2 Å². The molecule has 1 aromatic carbocycles. The Morgan fingerprint density at radius 3 is 2.59 bits per heavy atom. The molecule has 0 aliphatic rings. The summed E-state index contributed by atoms with van der Waals surface area (Å²) in [6.45, 7) is 1.89. The van der Waals surface area contributed by atoms with Crippen LogP contribution in [0.2, 0.25) is 0 Å². The Hall–Kier alpha value is -1.98. The van der Waals surface area contributed by atoms with Crippen molar-refractivity contribution in [1.82, 2.24) is 10.6 Å². The van der Waals surface area contributed by atoms with E-state index in [1.165, 1.54) is 6.07 Å². The quantitative estimate of drug-likeness (QED) is 0.821. The van der Waals surface area contributed by atoms with Crippen LogP contribution in [0.1, 0.15) is 17.3 Å². The maximum absolute atomic E-state index is 13.2. The number of carbonyl (C=O) groups excluding carboxylic acids is 2. The molecule has 2 N–H and O–H groups in total. The van der Waals surface area contributed by atoms with E-state index in [0.29, 0.717) is 6.54 Å². The Morgan fingerprint density at radius 1 is 1.24 bits per heavy atom. The van der Waals surface area contributed by atoms with Gasteiger partial charge in [-0.1, -0.05) is 6.07 Å². The fourth-order valence-electron chi connectivity index (χ4n) is 1.19. The molecule has 0 unspecified atom stereocenters. The molecule has 0 saturated carbocycles. The molecule has 92 valence electrons. The van der Waals surface area contributed by atoms with E-state index in [-0.39, 0.29) is 6.54 Å². The van der Waals surface area contributed by atoms with Crippen LogP contribution in [0, 0.1) is 11.6 Å². The summed E-state index contributed by atoms with van der Waals surface area (Å²) in [5.74, 6) is -3.54. The summed E-state index contributed by atoms with van der Waals surface area (Å²) in [5, 5.41) is 4.65. The summed E-state index contributed by atoms with van der Waals surface area (Å²) >= 11 is 0. The predicted molar refractivity (Wildman–Crippen MR) is 57.4 cm³/mol. The second-order valence-electron chi connectivity index (χ2n) is 3.24. The molecule has 0 saturated heterocycles. The lowest BCUT2D eigenvalue weighted by molar-refractivity contribution is -0.120. The third-order valence-corrected chi connectivity index (χ3v) is 1.98. The maximum atomic E-state index is 13.2. The number of benzene rings is 1. The van der Waals surface area contributed by atoms with Crippen molar-refractivity contribution in [2.75, 3.05) is 13.1 Å². The number of halogens is 2. The van der Waals surface area contributed by atoms with E-state index >= 15 is 0 Å². The van der Waals surface area contributed by atoms with E-state index in [1.54, 1.807) is 6.92 Å². The number of rotatable bonds is 4. The molecule has 0 radical (unpaired) electrons. The number of hydrogen-bond donors (Lipinski definition) is 2. The summed E-state index contributed by atoms with van der Waals surface area (Å²) in [5.41, 5.74) is -0.422. The SMILES string of the molecule is CCNC(=O)CNC(=O)c1cccc(F)c1F. The van der Waals surface area contributed by atoms with E-state index in [2.05, 4.69) is 10.6 Å². The van der Waals surface area contributed by atoms with Crippen molar-refractivity contribution in [2.45, 2.75) is 6.92 Å². The van der Waals surface area contributed by atoms with Crippen LogP contribution >= 0.6 is 0 Å². The zero-order chi connectivity index (χ0) is 12.8. The molecule has 0 bridgehead atoms. The first-order valence-electron chi connectivity index (χ1n) is 5.05. The van der Waals surface area contributed by atoms with Crippen molar-refractivity contribution < 1.29 is 18.4 Å². The first-order valence-corrected chi connectivity index (χ1v) is 5.05. The van der Waals surface area contributed by atoms with Crippen LogP contribution < -0.4 is 10.6 Å². The zero-order valence-electron chi connectivity index (χ0n) is 9.22. The van der Waals surface area contributed by atoms with Gasteiger partial charge in [-0.2, -0.15) is 0 Å². The highest BCUT2D eigenvalue weighted by Crippen LogP contribution is 2.10. The van der Waals surface area contributed by atoms with Gasteiger partial charge >= 0.3 is 0 Å². The predicted octanol–water partition coefficient (Wildman–Crippen LogP) is 0.831. The van der Waals surface area contributed by atoms with Crippen LogP contribution in [0.15, 0.2) is 18.2 Å². The maximum Gasteiger partial charge on any atom is 0.254 e. The van der Waals surface area contributed by atoms with Gasteiger partial charge in [0.1, 0.15) is 0 Å². The highest BCUT2D eigenvalue weighted by atomic mass is 19.2. The first kappa shape index (κ1) is 13.1. The van der Waals surface area contributed by atoms with E-state index in [1.807, 2.05) is 0 Å². The third kappa shape index (κ3) is 3.51. The summed E-state index contributed by atoms with van der Waals surface area (Å²) in [7, 11) is 0. The molecular formula is C11H12F2N2O2. The van der Waals surface area contributed by atoms with Crippen LogP contribution in [0.25, 0.3) is 0 Å². The summed E-state index contributed by atoms with van der Waals surface area (Å²) in [4.78, 5) is 22.5. The lowest BCUT2D eigenvalue weighted by Crippen LogP contribution is -2.37. The molecule has 2 amide bonds. The first-order chi connectivity index (χ1) is 8.06. The average Bonchev–Trinajstić information content (AvgIpc) is 2.30. The number of amides is 2. The van der Waals surface area contributed by atoms with Crippen LogP contribution in [-0.4, -0.2) is 24.9 Å². The molecule has 0 aromatic heterocycles. The third-order valence-electron chi connectivity index (χ3n) is 1.98. The molecule has 1 rings (SSSR count). The van der Waals surface area contributed by atoms with Gasteiger partial charge in [0.05, 0.1) is 12.1 Å². The van der Waals surface area contributed by atoms with Crippen molar-refractivity contribution in [3.63, 3.8) is 0 Å². The highest BCUT2D eigenvalue weighted by molar-refractivity contribution is 5.96. The van der Waals surface area contributed by atoms with Crippen LogP contribution in [0.4, 0.5) is 8.78 Å². The molecule has 0 aliphatic carbocycles. The smallest absolute Gasteiger partial charge is 0.254 e. The fourth-order valence-corrected chi connectivity index (χ4v) is 1.19. The fraction of sp³-hybridized carbons (Fsp3) is 0.273. The van der Waals surface area contributed by atoms with Gasteiger partial charge in [0.15, 0.2) is 11.6 Å². The molecular weight excluding hydrogens is 230 g/mol. The van der Waals surface area contributed by atoms with Gasteiger partial charge in [0, 0.05) is 6.54 Å². The van der Waals surface area contributed by atoms with Crippen molar-refractivity contribution in [1.29, 1.82) is 0 Å². The molecule has 4 nitrogen and oxygen atoms in total. The molecule has 0 heterocycles. The summed E-state index contributed by atoms with van der Waals surface area (Å²) < 4.78 is 26.0. The van der Waals surface area contributed by atoms with E-state index < -0.39 is 29.0 Å². The van der Waals surface area contributed by atoms with Crippen LogP contribution in [0.5, 0.6) is 0 Å². The van der Waals surface area contributed by atoms with Gasteiger partial charge < -0.3 is 10.6 Å². The van der Waals surface area contributed by atoms with Crippen LogP contribution in [0.3, 0.4) is 0 Å². The van der Waals surface area contributed by atoms with Crippen LogP contribution in [-0.2, 0) is 4.79 Å². The lowest BCUT2D eigenvalue weighted by atomic mass is 10.2. The normalized spacial score (nSPS) is 9.82. The molecule has 0 atom stereocenters. The zero-order valence-corrected chi connectivity index (χ0v) is 9.22. The Morgan fingerprint density at radius 2 is 1.94 bits per heavy atom. The Labute approximate surface area is 97.0 Å². The van der Waals surface area contributed by atoms with E-state index in [4.69, 9.17) is 0 Å². The van der Waals surface area contributed by atoms with Gasteiger partial charge in [-0.15, -0.1) is 0 Å². The standard InChI is InChI=1S/C11H12F2N2O2/c1-2-14-9(16)6-15-11(17)7-4-3-5-8(12)10(7)13/h3-5H,2,6H2,1H3,(H,14,16)(H,15,17). The summed E-state index contributed by atoms with van der Waals surface area (Å²) in [6, 6.07) is 3.28. The Balaban J connectivity index is 2.64. The minimum absolute atomic E-state index is 0.275. The second-order valence-corrected chi connectivity index (χ2v) is 3.24. The van der Waals surface area contributed by atoms with Crippen molar-refractivity contribution in [2.24, 2.45) is 0 Å².